The number of rotatable bonds is 7. The Labute approximate surface area is 139 Å². The second-order valence-corrected chi connectivity index (χ2v) is 7.38. The van der Waals surface area contributed by atoms with Crippen LogP contribution in [0.25, 0.3) is 0 Å². The molecular formula is C17H22BrNOS. The topological polar surface area (TPSA) is 21.3 Å². The van der Waals surface area contributed by atoms with E-state index in [1.165, 1.54) is 15.3 Å². The number of halogens is 1. The molecule has 0 spiro atoms. The van der Waals surface area contributed by atoms with Gasteiger partial charge in [0.15, 0.2) is 0 Å². The standard InChI is InChI=1S/C17H22BrNOS/c1-4-14-8-9-15(21-14)11-20-17-13(10-19-12(2)3)6-5-7-16(17)18/h5-9,12,19H,4,10-11H2,1-3H3. The van der Waals surface area contributed by atoms with Crippen LogP contribution in [0.15, 0.2) is 34.8 Å². The number of hydrogen-bond acceptors (Lipinski definition) is 3. The van der Waals surface area contributed by atoms with Crippen molar-refractivity contribution >= 4 is 27.3 Å². The summed E-state index contributed by atoms with van der Waals surface area (Å²) in [6, 6.07) is 11.0. The van der Waals surface area contributed by atoms with Crippen LogP contribution in [0, 0.1) is 0 Å². The van der Waals surface area contributed by atoms with Crippen LogP contribution >= 0.6 is 27.3 Å². The number of nitrogens with one attached hydrogen (secondary N) is 1. The van der Waals surface area contributed by atoms with Crippen LogP contribution in [0.1, 0.15) is 36.1 Å². The van der Waals surface area contributed by atoms with Gasteiger partial charge in [0.05, 0.1) is 4.47 Å². The fourth-order valence-electron chi connectivity index (χ4n) is 2.00. The molecule has 0 radical (unpaired) electrons. The summed E-state index contributed by atoms with van der Waals surface area (Å²) in [6.07, 6.45) is 1.09. The number of ether oxygens (including phenoxy) is 1. The zero-order valence-corrected chi connectivity index (χ0v) is 15.2. The van der Waals surface area contributed by atoms with E-state index in [9.17, 15) is 0 Å². The van der Waals surface area contributed by atoms with Crippen LogP contribution in [0.3, 0.4) is 0 Å². The zero-order valence-electron chi connectivity index (χ0n) is 12.8. The molecule has 0 unspecified atom stereocenters. The van der Waals surface area contributed by atoms with Gasteiger partial charge in [-0.25, -0.2) is 0 Å². The Balaban J connectivity index is 2.07. The number of hydrogen-bond donors (Lipinski definition) is 1. The van der Waals surface area contributed by atoms with E-state index < -0.39 is 0 Å². The maximum atomic E-state index is 6.07. The van der Waals surface area contributed by atoms with E-state index in [0.717, 1.165) is 23.2 Å². The highest BCUT2D eigenvalue weighted by Gasteiger charge is 2.09. The predicted octanol–water partition coefficient (Wildman–Crippen LogP) is 5.15. The highest BCUT2D eigenvalue weighted by molar-refractivity contribution is 9.10. The van der Waals surface area contributed by atoms with Gasteiger partial charge >= 0.3 is 0 Å². The van der Waals surface area contributed by atoms with Crippen molar-refractivity contribution in [1.82, 2.24) is 5.32 Å². The summed E-state index contributed by atoms with van der Waals surface area (Å²) in [5, 5.41) is 3.44. The molecule has 0 atom stereocenters. The molecule has 1 N–H and O–H groups in total. The van der Waals surface area contributed by atoms with Gasteiger partial charge in [0.25, 0.3) is 0 Å². The monoisotopic (exact) mass is 367 g/mol. The van der Waals surface area contributed by atoms with Crippen LogP contribution in [0.5, 0.6) is 5.75 Å². The third-order valence-electron chi connectivity index (χ3n) is 3.17. The summed E-state index contributed by atoms with van der Waals surface area (Å²) in [6.45, 7) is 7.92. The summed E-state index contributed by atoms with van der Waals surface area (Å²) in [5.41, 5.74) is 1.19. The quantitative estimate of drug-likeness (QED) is 0.730. The normalized spacial score (nSPS) is 11.1. The van der Waals surface area contributed by atoms with Gasteiger partial charge < -0.3 is 10.1 Å². The Bertz CT molecular complexity index is 580. The average molecular weight is 368 g/mol. The van der Waals surface area contributed by atoms with E-state index >= 15 is 0 Å². The molecule has 1 aromatic heterocycles. The molecular weight excluding hydrogens is 346 g/mol. The minimum absolute atomic E-state index is 0.459. The molecule has 4 heteroatoms. The van der Waals surface area contributed by atoms with E-state index in [1.54, 1.807) is 0 Å². The predicted molar refractivity (Wildman–Crippen MR) is 94.1 cm³/mol. The molecule has 114 valence electrons. The van der Waals surface area contributed by atoms with E-state index in [-0.39, 0.29) is 0 Å². The van der Waals surface area contributed by atoms with Gasteiger partial charge in [-0.3, -0.25) is 0 Å². The van der Waals surface area contributed by atoms with E-state index in [0.29, 0.717) is 12.6 Å². The first kappa shape index (κ1) is 16.5. The molecule has 0 aliphatic heterocycles. The minimum atomic E-state index is 0.459. The van der Waals surface area contributed by atoms with Crippen molar-refractivity contribution in [2.45, 2.75) is 46.4 Å². The third kappa shape index (κ3) is 4.83. The smallest absolute Gasteiger partial charge is 0.138 e. The van der Waals surface area contributed by atoms with Crippen LogP contribution < -0.4 is 10.1 Å². The molecule has 0 saturated heterocycles. The van der Waals surface area contributed by atoms with Crippen LogP contribution in [-0.4, -0.2) is 6.04 Å². The third-order valence-corrected chi connectivity index (χ3v) is 5.00. The second kappa shape index (κ2) is 7.97. The number of aryl methyl sites for hydroxylation is 1. The number of para-hydroxylation sites is 1. The van der Waals surface area contributed by atoms with Crippen molar-refractivity contribution in [3.05, 3.63) is 50.1 Å². The van der Waals surface area contributed by atoms with Gasteiger partial charge in [-0.05, 0) is 40.5 Å². The fraction of sp³-hybridized carbons (Fsp3) is 0.412. The van der Waals surface area contributed by atoms with Gasteiger partial charge in [-0.15, -0.1) is 11.3 Å². The lowest BCUT2D eigenvalue weighted by molar-refractivity contribution is 0.303. The van der Waals surface area contributed by atoms with Crippen molar-refractivity contribution in [3.63, 3.8) is 0 Å². The van der Waals surface area contributed by atoms with Gasteiger partial charge in [0.2, 0.25) is 0 Å². The van der Waals surface area contributed by atoms with Crippen LogP contribution in [0.4, 0.5) is 0 Å². The van der Waals surface area contributed by atoms with Gasteiger partial charge in [-0.1, -0.05) is 32.9 Å². The number of thiophene rings is 1. The lowest BCUT2D eigenvalue weighted by atomic mass is 10.2. The Morgan fingerprint density at radius 3 is 2.62 bits per heavy atom. The molecule has 2 aromatic rings. The molecule has 0 saturated carbocycles. The molecule has 21 heavy (non-hydrogen) atoms. The molecule has 0 aliphatic rings. The lowest BCUT2D eigenvalue weighted by Gasteiger charge is -2.15. The minimum Gasteiger partial charge on any atom is -0.487 e. The van der Waals surface area contributed by atoms with Crippen molar-refractivity contribution in [1.29, 1.82) is 0 Å². The highest BCUT2D eigenvalue weighted by atomic mass is 79.9. The summed E-state index contributed by atoms with van der Waals surface area (Å²) in [4.78, 5) is 2.67. The lowest BCUT2D eigenvalue weighted by Crippen LogP contribution is -2.22. The highest BCUT2D eigenvalue weighted by Crippen LogP contribution is 2.30. The average Bonchev–Trinajstić information content (AvgIpc) is 2.92. The summed E-state index contributed by atoms with van der Waals surface area (Å²) < 4.78 is 7.08. The van der Waals surface area contributed by atoms with Crippen LogP contribution in [0.2, 0.25) is 0 Å². The Morgan fingerprint density at radius 1 is 1.19 bits per heavy atom. The fourth-order valence-corrected chi connectivity index (χ4v) is 3.39. The van der Waals surface area contributed by atoms with Gasteiger partial charge in [0.1, 0.15) is 12.4 Å². The maximum Gasteiger partial charge on any atom is 0.138 e. The Kier molecular flexibility index (Phi) is 6.27. The van der Waals surface area contributed by atoms with Crippen molar-refractivity contribution in [2.75, 3.05) is 0 Å². The van der Waals surface area contributed by atoms with E-state index in [4.69, 9.17) is 4.74 Å². The van der Waals surface area contributed by atoms with E-state index in [2.05, 4.69) is 66.3 Å². The summed E-state index contributed by atoms with van der Waals surface area (Å²) >= 11 is 5.42. The molecule has 0 fully saturated rings. The Hall–Kier alpha value is -0.840. The summed E-state index contributed by atoms with van der Waals surface area (Å²) in [5.74, 6) is 0.942. The zero-order chi connectivity index (χ0) is 15.2. The molecule has 2 rings (SSSR count). The van der Waals surface area contributed by atoms with Gasteiger partial charge in [-0.2, -0.15) is 0 Å². The van der Waals surface area contributed by atoms with Crippen LogP contribution in [-0.2, 0) is 19.6 Å². The molecule has 0 amide bonds. The SMILES string of the molecule is CCc1ccc(COc2c(Br)cccc2CNC(C)C)s1. The molecule has 1 aromatic carbocycles. The first-order chi connectivity index (χ1) is 10.1. The van der Waals surface area contributed by atoms with E-state index in [1.807, 2.05) is 17.4 Å². The van der Waals surface area contributed by atoms with Gasteiger partial charge in [0, 0.05) is 27.9 Å². The first-order valence-electron chi connectivity index (χ1n) is 7.31. The molecule has 2 nitrogen and oxygen atoms in total. The summed E-state index contributed by atoms with van der Waals surface area (Å²) in [7, 11) is 0. The number of benzene rings is 1. The molecule has 1 heterocycles. The maximum absolute atomic E-state index is 6.07. The molecule has 0 bridgehead atoms. The largest absolute Gasteiger partial charge is 0.487 e. The molecule has 0 aliphatic carbocycles. The van der Waals surface area contributed by atoms with Crippen molar-refractivity contribution in [2.24, 2.45) is 0 Å². The second-order valence-electron chi connectivity index (χ2n) is 5.27. The Morgan fingerprint density at radius 2 is 1.95 bits per heavy atom. The van der Waals surface area contributed by atoms with Crippen molar-refractivity contribution < 1.29 is 4.74 Å². The van der Waals surface area contributed by atoms with Crippen molar-refractivity contribution in [3.8, 4) is 5.75 Å². The first-order valence-corrected chi connectivity index (χ1v) is 8.92.